The van der Waals surface area contributed by atoms with Crippen LogP contribution in [-0.4, -0.2) is 12.5 Å². The van der Waals surface area contributed by atoms with Gasteiger partial charge in [0.1, 0.15) is 0 Å². The minimum Gasteiger partial charge on any atom is -0.352 e. The van der Waals surface area contributed by atoms with Crippen molar-refractivity contribution in [2.24, 2.45) is 5.11 Å². The molecule has 5 heteroatoms. The highest BCUT2D eigenvalue weighted by Gasteiger charge is 2.15. The van der Waals surface area contributed by atoms with Crippen molar-refractivity contribution >= 4 is 11.6 Å². The first-order chi connectivity index (χ1) is 6.81. The van der Waals surface area contributed by atoms with E-state index in [0.29, 0.717) is 17.8 Å². The molecule has 14 heavy (non-hydrogen) atoms. The van der Waals surface area contributed by atoms with Gasteiger partial charge < -0.3 is 5.32 Å². The number of azide groups is 1. The second-order valence-corrected chi connectivity index (χ2v) is 3.04. The standard InChI is InChI=1S/C9H8N4O/c10-13-12-7-2-1-6-3-4-11-9(14)8(6)5-7/h1-2,5H,3-4H2,(H,11,14). The van der Waals surface area contributed by atoms with E-state index in [9.17, 15) is 4.79 Å². The molecule has 0 aromatic heterocycles. The van der Waals surface area contributed by atoms with Gasteiger partial charge in [0, 0.05) is 22.7 Å². The number of hydrogen-bond donors (Lipinski definition) is 1. The molecule has 1 aliphatic heterocycles. The maximum Gasteiger partial charge on any atom is 0.251 e. The van der Waals surface area contributed by atoms with Crippen molar-refractivity contribution in [3.8, 4) is 0 Å². The molecule has 0 saturated carbocycles. The molecule has 0 aliphatic carbocycles. The number of amides is 1. The molecule has 0 saturated heterocycles. The van der Waals surface area contributed by atoms with E-state index >= 15 is 0 Å². The number of rotatable bonds is 1. The third-order valence-corrected chi connectivity index (χ3v) is 2.18. The van der Waals surface area contributed by atoms with Gasteiger partial charge in [-0.3, -0.25) is 4.79 Å². The summed E-state index contributed by atoms with van der Waals surface area (Å²) in [4.78, 5) is 14.1. The highest BCUT2D eigenvalue weighted by Crippen LogP contribution is 2.20. The van der Waals surface area contributed by atoms with E-state index in [4.69, 9.17) is 5.53 Å². The first-order valence-electron chi connectivity index (χ1n) is 4.27. The zero-order chi connectivity index (χ0) is 9.97. The average Bonchev–Trinajstić information content (AvgIpc) is 2.20. The van der Waals surface area contributed by atoms with Gasteiger partial charge in [0.05, 0.1) is 0 Å². The monoisotopic (exact) mass is 188 g/mol. The molecule has 0 fully saturated rings. The molecule has 1 aliphatic rings. The molecule has 0 unspecified atom stereocenters. The summed E-state index contributed by atoms with van der Waals surface area (Å²) in [6.07, 6.45) is 0.831. The molecule has 0 atom stereocenters. The van der Waals surface area contributed by atoms with Crippen LogP contribution in [0, 0.1) is 0 Å². The predicted molar refractivity (Wildman–Crippen MR) is 51.3 cm³/mol. The highest BCUT2D eigenvalue weighted by molar-refractivity contribution is 5.97. The molecule has 0 bridgehead atoms. The topological polar surface area (TPSA) is 77.9 Å². The predicted octanol–water partition coefficient (Wildman–Crippen LogP) is 1.91. The summed E-state index contributed by atoms with van der Waals surface area (Å²) in [5.41, 5.74) is 10.3. The number of carbonyl (C=O) groups excluding carboxylic acids is 1. The molecule has 5 nitrogen and oxygen atoms in total. The first kappa shape index (κ1) is 8.59. The molecule has 0 spiro atoms. The van der Waals surface area contributed by atoms with E-state index < -0.39 is 0 Å². The zero-order valence-corrected chi connectivity index (χ0v) is 7.40. The van der Waals surface area contributed by atoms with Gasteiger partial charge in [-0.25, -0.2) is 0 Å². The Labute approximate surface area is 80.4 Å². The fourth-order valence-corrected chi connectivity index (χ4v) is 1.51. The van der Waals surface area contributed by atoms with Crippen molar-refractivity contribution in [3.63, 3.8) is 0 Å². The minimum atomic E-state index is -0.0961. The third-order valence-electron chi connectivity index (χ3n) is 2.18. The van der Waals surface area contributed by atoms with Crippen molar-refractivity contribution in [2.75, 3.05) is 6.54 Å². The van der Waals surface area contributed by atoms with Crippen LogP contribution >= 0.6 is 0 Å². The van der Waals surface area contributed by atoms with Crippen LogP contribution in [0.15, 0.2) is 23.3 Å². The molecule has 1 N–H and O–H groups in total. The molecule has 1 aromatic rings. The number of benzene rings is 1. The third kappa shape index (κ3) is 1.41. The minimum absolute atomic E-state index is 0.0961. The Kier molecular flexibility index (Phi) is 2.08. The smallest absolute Gasteiger partial charge is 0.251 e. The fraction of sp³-hybridized carbons (Fsp3) is 0.222. The Morgan fingerprint density at radius 1 is 1.50 bits per heavy atom. The van der Waals surface area contributed by atoms with Crippen LogP contribution in [0.2, 0.25) is 0 Å². The number of hydrogen-bond acceptors (Lipinski definition) is 2. The van der Waals surface area contributed by atoms with Gasteiger partial charge >= 0.3 is 0 Å². The lowest BCUT2D eigenvalue weighted by atomic mass is 10.00. The van der Waals surface area contributed by atoms with Crippen molar-refractivity contribution in [1.29, 1.82) is 0 Å². The van der Waals surface area contributed by atoms with Crippen LogP contribution in [0.5, 0.6) is 0 Å². The number of nitrogens with zero attached hydrogens (tertiary/aromatic N) is 3. The van der Waals surface area contributed by atoms with Gasteiger partial charge in [-0.1, -0.05) is 17.2 Å². The average molecular weight is 188 g/mol. The second kappa shape index (κ2) is 3.40. The maximum atomic E-state index is 11.4. The van der Waals surface area contributed by atoms with Gasteiger partial charge in [-0.05, 0) is 23.6 Å². The number of nitrogens with one attached hydrogen (secondary N) is 1. The van der Waals surface area contributed by atoms with E-state index in [2.05, 4.69) is 15.3 Å². The van der Waals surface area contributed by atoms with Gasteiger partial charge in [0.2, 0.25) is 0 Å². The Morgan fingerprint density at radius 2 is 2.36 bits per heavy atom. The Balaban J connectivity index is 2.50. The first-order valence-corrected chi connectivity index (χ1v) is 4.27. The summed E-state index contributed by atoms with van der Waals surface area (Å²) < 4.78 is 0. The molecule has 70 valence electrons. The van der Waals surface area contributed by atoms with E-state index in [-0.39, 0.29) is 5.91 Å². The van der Waals surface area contributed by atoms with Crippen LogP contribution in [0.3, 0.4) is 0 Å². The van der Waals surface area contributed by atoms with Crippen LogP contribution < -0.4 is 5.32 Å². The zero-order valence-electron chi connectivity index (χ0n) is 7.40. The summed E-state index contributed by atoms with van der Waals surface area (Å²) in [7, 11) is 0. The summed E-state index contributed by atoms with van der Waals surface area (Å²) in [6, 6.07) is 5.17. The van der Waals surface area contributed by atoms with Crippen LogP contribution in [0.25, 0.3) is 10.4 Å². The Hall–Kier alpha value is -2.00. The molecular formula is C9H8N4O. The molecule has 0 radical (unpaired) electrons. The highest BCUT2D eigenvalue weighted by atomic mass is 16.1. The van der Waals surface area contributed by atoms with E-state index in [0.717, 1.165) is 12.0 Å². The lowest BCUT2D eigenvalue weighted by Gasteiger charge is -2.16. The Morgan fingerprint density at radius 3 is 3.14 bits per heavy atom. The van der Waals surface area contributed by atoms with Gasteiger partial charge in [0.15, 0.2) is 0 Å². The molecule has 1 amide bonds. The van der Waals surface area contributed by atoms with Gasteiger partial charge in [-0.2, -0.15) is 0 Å². The summed E-state index contributed by atoms with van der Waals surface area (Å²) in [6.45, 7) is 0.673. The van der Waals surface area contributed by atoms with Gasteiger partial charge in [0.25, 0.3) is 5.91 Å². The quantitative estimate of drug-likeness (QED) is 0.408. The van der Waals surface area contributed by atoms with E-state index in [1.807, 2.05) is 6.07 Å². The van der Waals surface area contributed by atoms with Gasteiger partial charge in [-0.15, -0.1) is 0 Å². The normalized spacial score (nSPS) is 13.9. The van der Waals surface area contributed by atoms with Crippen LogP contribution in [0.1, 0.15) is 15.9 Å². The number of carbonyl (C=O) groups is 1. The number of fused-ring (bicyclic) bond motifs is 1. The lowest BCUT2D eigenvalue weighted by Crippen LogP contribution is -2.31. The van der Waals surface area contributed by atoms with E-state index in [1.165, 1.54) is 0 Å². The van der Waals surface area contributed by atoms with Crippen molar-refractivity contribution in [3.05, 3.63) is 39.8 Å². The molecule has 2 rings (SSSR count). The van der Waals surface area contributed by atoms with Crippen molar-refractivity contribution < 1.29 is 4.79 Å². The van der Waals surface area contributed by atoms with Crippen molar-refractivity contribution in [2.45, 2.75) is 6.42 Å². The Bertz CT molecular complexity index is 434. The molecular weight excluding hydrogens is 180 g/mol. The van der Waals surface area contributed by atoms with Crippen molar-refractivity contribution in [1.82, 2.24) is 5.32 Å². The second-order valence-electron chi connectivity index (χ2n) is 3.04. The summed E-state index contributed by atoms with van der Waals surface area (Å²) in [5.74, 6) is -0.0961. The SMILES string of the molecule is [N-]=[N+]=Nc1ccc2c(c1)C(=O)NCC2. The summed E-state index contributed by atoms with van der Waals surface area (Å²) in [5, 5.41) is 6.18. The van der Waals surface area contributed by atoms with Crippen LogP contribution in [-0.2, 0) is 6.42 Å². The molecule has 1 aromatic carbocycles. The fourth-order valence-electron chi connectivity index (χ4n) is 1.51. The molecule has 1 heterocycles. The largest absolute Gasteiger partial charge is 0.352 e. The van der Waals surface area contributed by atoms with E-state index in [1.54, 1.807) is 12.1 Å². The lowest BCUT2D eigenvalue weighted by molar-refractivity contribution is 0.0946. The van der Waals surface area contributed by atoms with Crippen LogP contribution in [0.4, 0.5) is 5.69 Å². The summed E-state index contributed by atoms with van der Waals surface area (Å²) >= 11 is 0. The maximum absolute atomic E-state index is 11.4.